The van der Waals surface area contributed by atoms with E-state index in [4.69, 9.17) is 19.4 Å². The summed E-state index contributed by atoms with van der Waals surface area (Å²) in [5.74, 6) is -2.16. The number of aliphatic carboxylic acids is 1. The fraction of sp³-hybridized carbons (Fsp3) is 0.889. The zero-order valence-electron chi connectivity index (χ0n) is 16.1. The van der Waals surface area contributed by atoms with Crippen LogP contribution in [-0.2, 0) is 19.1 Å². The third-order valence-corrected chi connectivity index (χ3v) is 5.40. The van der Waals surface area contributed by atoms with Crippen LogP contribution in [0, 0.1) is 5.92 Å². The number of fused-ring (bicyclic) bond motifs is 1. The highest BCUT2D eigenvalue weighted by Crippen LogP contribution is 2.25. The van der Waals surface area contributed by atoms with Gasteiger partial charge in [-0.2, -0.15) is 13.2 Å². The van der Waals surface area contributed by atoms with Crippen LogP contribution in [-0.4, -0.2) is 91.1 Å². The van der Waals surface area contributed by atoms with E-state index >= 15 is 0 Å². The molecule has 7 nitrogen and oxygen atoms in total. The molecule has 10 heteroatoms. The van der Waals surface area contributed by atoms with Gasteiger partial charge in [0, 0.05) is 32.1 Å². The Bertz CT molecular complexity index is 526. The van der Waals surface area contributed by atoms with Crippen molar-refractivity contribution < 1.29 is 37.3 Å². The molecule has 0 bridgehead atoms. The van der Waals surface area contributed by atoms with E-state index < -0.39 is 12.1 Å². The number of ether oxygens (including phenoxy) is 2. The lowest BCUT2D eigenvalue weighted by Crippen LogP contribution is -2.36. The molecular formula is C18H29F3N2O5. The molecule has 3 fully saturated rings. The van der Waals surface area contributed by atoms with Crippen molar-refractivity contribution in [2.24, 2.45) is 5.92 Å². The van der Waals surface area contributed by atoms with Crippen LogP contribution in [0.25, 0.3) is 0 Å². The lowest BCUT2D eigenvalue weighted by molar-refractivity contribution is -0.192. The standard InChI is InChI=1S/C16H28N2O3.C2HF3O2/c1-2-17-7-8-20-15-11-18(10-13(15)9-17)16(19)12-21-14-5-3-4-6-14;3-2(4,5)1(6)7/h13-15H,2-12H2,1H3;(H,6,7)/t13-,15+;/m0./s1. The predicted molar refractivity (Wildman–Crippen MR) is 93.8 cm³/mol. The molecule has 0 radical (unpaired) electrons. The van der Waals surface area contributed by atoms with Gasteiger partial charge in [-0.1, -0.05) is 19.8 Å². The maximum Gasteiger partial charge on any atom is 0.490 e. The second kappa shape index (κ2) is 10.4. The molecule has 3 rings (SSSR count). The Morgan fingerprint density at radius 2 is 1.82 bits per heavy atom. The summed E-state index contributed by atoms with van der Waals surface area (Å²) < 4.78 is 43.4. The van der Waals surface area contributed by atoms with Crippen molar-refractivity contribution >= 4 is 11.9 Å². The van der Waals surface area contributed by atoms with Crippen LogP contribution in [0.1, 0.15) is 32.6 Å². The normalized spacial score (nSPS) is 26.4. The van der Waals surface area contributed by atoms with Crippen molar-refractivity contribution in [1.82, 2.24) is 9.80 Å². The summed E-state index contributed by atoms with van der Waals surface area (Å²) in [7, 11) is 0. The molecule has 2 atom stereocenters. The molecular weight excluding hydrogens is 381 g/mol. The number of alkyl halides is 3. The smallest absolute Gasteiger partial charge is 0.475 e. The van der Waals surface area contributed by atoms with E-state index in [9.17, 15) is 18.0 Å². The van der Waals surface area contributed by atoms with Gasteiger partial charge < -0.3 is 24.4 Å². The number of hydrogen-bond acceptors (Lipinski definition) is 5. The third-order valence-electron chi connectivity index (χ3n) is 5.40. The summed E-state index contributed by atoms with van der Waals surface area (Å²) in [6.07, 6.45) is 0.173. The SMILES string of the molecule is CCN1CCO[C@@H]2CN(C(=O)COC3CCCC3)C[C@@H]2C1.O=C(O)C(F)(F)F. The minimum Gasteiger partial charge on any atom is -0.475 e. The van der Waals surface area contributed by atoms with Crippen molar-refractivity contribution in [1.29, 1.82) is 0 Å². The second-order valence-corrected chi connectivity index (χ2v) is 7.38. The lowest BCUT2D eigenvalue weighted by Gasteiger charge is -2.22. The van der Waals surface area contributed by atoms with Crippen LogP contribution in [0.2, 0.25) is 0 Å². The van der Waals surface area contributed by atoms with E-state index in [2.05, 4.69) is 11.8 Å². The summed E-state index contributed by atoms with van der Waals surface area (Å²) in [5.41, 5.74) is 0. The molecule has 1 saturated carbocycles. The van der Waals surface area contributed by atoms with E-state index in [0.717, 1.165) is 52.2 Å². The van der Waals surface area contributed by atoms with Gasteiger partial charge in [-0.15, -0.1) is 0 Å². The molecule has 0 unspecified atom stereocenters. The average Bonchev–Trinajstić information content (AvgIpc) is 3.25. The van der Waals surface area contributed by atoms with Gasteiger partial charge in [0.05, 0.1) is 18.8 Å². The van der Waals surface area contributed by atoms with Gasteiger partial charge in [-0.05, 0) is 19.4 Å². The van der Waals surface area contributed by atoms with Gasteiger partial charge >= 0.3 is 12.1 Å². The number of carbonyl (C=O) groups is 2. The summed E-state index contributed by atoms with van der Waals surface area (Å²) in [6.45, 7) is 7.93. The van der Waals surface area contributed by atoms with Crippen molar-refractivity contribution in [2.75, 3.05) is 45.9 Å². The highest BCUT2D eigenvalue weighted by molar-refractivity contribution is 5.77. The Balaban J connectivity index is 0.000000345. The zero-order valence-corrected chi connectivity index (χ0v) is 16.1. The first kappa shape index (κ1) is 22.9. The molecule has 0 spiro atoms. The van der Waals surface area contributed by atoms with E-state index in [0.29, 0.717) is 12.0 Å². The molecule has 0 aromatic rings. The van der Waals surface area contributed by atoms with Gasteiger partial charge in [0.1, 0.15) is 6.61 Å². The number of hydrogen-bond donors (Lipinski definition) is 1. The van der Waals surface area contributed by atoms with E-state index in [1.54, 1.807) is 0 Å². The molecule has 0 aromatic carbocycles. The monoisotopic (exact) mass is 410 g/mol. The van der Waals surface area contributed by atoms with Gasteiger partial charge in [-0.3, -0.25) is 4.79 Å². The maximum absolute atomic E-state index is 12.3. The Labute approximate surface area is 162 Å². The predicted octanol–water partition coefficient (Wildman–Crippen LogP) is 1.76. The molecule has 28 heavy (non-hydrogen) atoms. The molecule has 0 aromatic heterocycles. The number of likely N-dealkylation sites (tertiary alicyclic amines) is 1. The first-order valence-corrected chi connectivity index (χ1v) is 9.74. The van der Waals surface area contributed by atoms with E-state index in [-0.39, 0.29) is 18.6 Å². The van der Waals surface area contributed by atoms with Gasteiger partial charge in [0.25, 0.3) is 0 Å². The molecule has 2 aliphatic heterocycles. The third kappa shape index (κ3) is 6.89. The molecule has 1 aliphatic carbocycles. The van der Waals surface area contributed by atoms with Crippen molar-refractivity contribution in [3.8, 4) is 0 Å². The van der Waals surface area contributed by atoms with Crippen LogP contribution >= 0.6 is 0 Å². The van der Waals surface area contributed by atoms with Crippen molar-refractivity contribution in [3.05, 3.63) is 0 Å². The Kier molecular flexibility index (Phi) is 8.51. The Hall–Kier alpha value is -1.39. The van der Waals surface area contributed by atoms with Crippen LogP contribution < -0.4 is 0 Å². The van der Waals surface area contributed by atoms with Crippen LogP contribution in [0.3, 0.4) is 0 Å². The number of likely N-dealkylation sites (N-methyl/N-ethyl adjacent to an activating group) is 1. The van der Waals surface area contributed by atoms with Crippen LogP contribution in [0.5, 0.6) is 0 Å². The molecule has 1 N–H and O–H groups in total. The highest BCUT2D eigenvalue weighted by atomic mass is 19.4. The number of amides is 1. The molecule has 2 saturated heterocycles. The fourth-order valence-electron chi connectivity index (χ4n) is 3.79. The quantitative estimate of drug-likeness (QED) is 0.761. The minimum absolute atomic E-state index is 0.140. The molecule has 1 amide bonds. The Morgan fingerprint density at radius 3 is 2.39 bits per heavy atom. The van der Waals surface area contributed by atoms with Crippen molar-refractivity contribution in [3.63, 3.8) is 0 Å². The largest absolute Gasteiger partial charge is 0.490 e. The second-order valence-electron chi connectivity index (χ2n) is 7.38. The van der Waals surface area contributed by atoms with Crippen molar-refractivity contribution in [2.45, 2.75) is 51.0 Å². The number of carboxylic acid groups (broad SMARTS) is 1. The minimum atomic E-state index is -5.08. The fourth-order valence-corrected chi connectivity index (χ4v) is 3.79. The average molecular weight is 410 g/mol. The number of carboxylic acids is 1. The topological polar surface area (TPSA) is 79.3 Å². The molecule has 2 heterocycles. The zero-order chi connectivity index (χ0) is 20.7. The first-order chi connectivity index (χ1) is 13.2. The van der Waals surface area contributed by atoms with Crippen LogP contribution in [0.4, 0.5) is 13.2 Å². The number of rotatable bonds is 4. The lowest BCUT2D eigenvalue weighted by atomic mass is 10.1. The molecule has 3 aliphatic rings. The van der Waals surface area contributed by atoms with Gasteiger partial charge in [0.2, 0.25) is 5.91 Å². The number of nitrogens with zero attached hydrogens (tertiary/aromatic N) is 2. The number of halogens is 3. The molecule has 162 valence electrons. The summed E-state index contributed by atoms with van der Waals surface area (Å²) >= 11 is 0. The highest BCUT2D eigenvalue weighted by Gasteiger charge is 2.39. The number of carbonyl (C=O) groups excluding carboxylic acids is 1. The van der Waals surface area contributed by atoms with Gasteiger partial charge in [-0.25, -0.2) is 4.79 Å². The summed E-state index contributed by atoms with van der Waals surface area (Å²) in [4.78, 5) is 25.6. The van der Waals surface area contributed by atoms with E-state index in [1.165, 1.54) is 12.8 Å². The Morgan fingerprint density at radius 1 is 1.18 bits per heavy atom. The van der Waals surface area contributed by atoms with Gasteiger partial charge in [0.15, 0.2) is 0 Å². The van der Waals surface area contributed by atoms with Crippen LogP contribution in [0.15, 0.2) is 0 Å². The summed E-state index contributed by atoms with van der Waals surface area (Å²) in [6, 6.07) is 0. The summed E-state index contributed by atoms with van der Waals surface area (Å²) in [5, 5.41) is 7.12. The first-order valence-electron chi connectivity index (χ1n) is 9.74. The van der Waals surface area contributed by atoms with E-state index in [1.807, 2.05) is 4.90 Å². The maximum atomic E-state index is 12.3.